The number of methoxy groups -OCH3 is 2. The molecule has 0 aliphatic carbocycles. The summed E-state index contributed by atoms with van der Waals surface area (Å²) in [7, 11) is 3.17. The summed E-state index contributed by atoms with van der Waals surface area (Å²) in [5, 5.41) is 3.83. The number of hydrogen-bond donors (Lipinski definition) is 1. The van der Waals surface area contributed by atoms with Gasteiger partial charge in [0, 0.05) is 16.0 Å². The van der Waals surface area contributed by atoms with Gasteiger partial charge in [-0.25, -0.2) is 0 Å². The number of benzene rings is 2. The molecule has 1 aliphatic heterocycles. The van der Waals surface area contributed by atoms with E-state index in [0.717, 1.165) is 33.7 Å². The normalized spacial score (nSPS) is 15.2. The number of carbonyl (C=O) groups is 1. The first kappa shape index (κ1) is 21.9. The molecule has 0 bridgehead atoms. The summed E-state index contributed by atoms with van der Waals surface area (Å²) in [5.74, 6) is 1.18. The molecule has 3 rings (SSSR count). The fraction of sp³-hybridized carbons (Fsp3) is 0.409. The highest BCUT2D eigenvalue weighted by molar-refractivity contribution is 9.10. The quantitative estimate of drug-likeness (QED) is 0.598. The van der Waals surface area contributed by atoms with Gasteiger partial charge in [0.25, 0.3) is 0 Å². The fourth-order valence-electron chi connectivity index (χ4n) is 3.71. The van der Waals surface area contributed by atoms with E-state index in [1.165, 1.54) is 12.8 Å². The lowest BCUT2D eigenvalue weighted by Gasteiger charge is -2.29. The van der Waals surface area contributed by atoms with Gasteiger partial charge in [-0.3, -0.25) is 9.69 Å². The number of likely N-dealkylation sites (tertiary alicyclic amines) is 1. The van der Waals surface area contributed by atoms with Crippen LogP contribution in [0.25, 0.3) is 0 Å². The van der Waals surface area contributed by atoms with Gasteiger partial charge in [0.1, 0.15) is 0 Å². The molecule has 5 nitrogen and oxygen atoms in total. The summed E-state index contributed by atoms with van der Waals surface area (Å²) in [6.07, 6.45) is 2.59. The molecule has 1 atom stereocenters. The van der Waals surface area contributed by atoms with Crippen LogP contribution in [0.3, 0.4) is 0 Å². The van der Waals surface area contributed by atoms with Crippen LogP contribution in [0, 0.1) is 0 Å². The van der Waals surface area contributed by atoms with E-state index < -0.39 is 0 Å². The van der Waals surface area contributed by atoms with Crippen molar-refractivity contribution < 1.29 is 14.3 Å². The van der Waals surface area contributed by atoms with Gasteiger partial charge in [0.15, 0.2) is 11.5 Å². The number of amides is 1. The predicted octanol–water partition coefficient (Wildman–Crippen LogP) is 4.62. The van der Waals surface area contributed by atoms with E-state index in [9.17, 15) is 4.79 Å². The molecule has 1 fully saturated rings. The number of hydrogen-bond acceptors (Lipinski definition) is 4. The number of halogens is 2. The van der Waals surface area contributed by atoms with Gasteiger partial charge in [-0.05, 0) is 55.3 Å². The minimum atomic E-state index is -0.0471. The van der Waals surface area contributed by atoms with E-state index in [-0.39, 0.29) is 18.4 Å². The van der Waals surface area contributed by atoms with Crippen molar-refractivity contribution >= 4 is 33.4 Å². The number of nitrogens with one attached hydrogen (secondary N) is 1. The third-order valence-corrected chi connectivity index (χ3v) is 6.32. The molecule has 1 unspecified atom stereocenters. The molecule has 1 heterocycles. The molecule has 2 aromatic rings. The maximum atomic E-state index is 12.7. The highest BCUT2D eigenvalue weighted by Gasteiger charge is 2.25. The molecule has 1 saturated heterocycles. The molecule has 7 heteroatoms. The van der Waals surface area contributed by atoms with Crippen LogP contribution in [-0.2, 0) is 11.2 Å². The van der Waals surface area contributed by atoms with Crippen molar-refractivity contribution in [2.45, 2.75) is 25.3 Å². The van der Waals surface area contributed by atoms with Crippen LogP contribution in [0.4, 0.5) is 0 Å². The van der Waals surface area contributed by atoms with Crippen LogP contribution < -0.4 is 14.8 Å². The molecular formula is C22H26BrClN2O3. The second kappa shape index (κ2) is 10.3. The third-order valence-electron chi connectivity index (χ3n) is 5.24. The van der Waals surface area contributed by atoms with Crippen molar-refractivity contribution in [3.8, 4) is 11.5 Å². The zero-order chi connectivity index (χ0) is 20.8. The summed E-state index contributed by atoms with van der Waals surface area (Å²) in [6, 6.07) is 11.6. The zero-order valence-corrected chi connectivity index (χ0v) is 19.1. The Hall–Kier alpha value is -1.76. The van der Waals surface area contributed by atoms with Crippen LogP contribution in [-0.4, -0.2) is 44.7 Å². The number of rotatable bonds is 8. The second-order valence-corrected chi connectivity index (χ2v) is 8.32. The average molecular weight is 482 g/mol. The van der Waals surface area contributed by atoms with Gasteiger partial charge in [-0.1, -0.05) is 45.7 Å². The smallest absolute Gasteiger partial charge is 0.224 e. The van der Waals surface area contributed by atoms with Crippen LogP contribution in [0.2, 0.25) is 5.02 Å². The lowest BCUT2D eigenvalue weighted by Crippen LogP contribution is -2.37. The lowest BCUT2D eigenvalue weighted by atomic mass is 10.0. The van der Waals surface area contributed by atoms with E-state index in [0.29, 0.717) is 18.0 Å². The van der Waals surface area contributed by atoms with E-state index in [2.05, 4.69) is 26.1 Å². The molecule has 1 aliphatic rings. The van der Waals surface area contributed by atoms with Gasteiger partial charge < -0.3 is 14.8 Å². The maximum Gasteiger partial charge on any atom is 0.224 e. The lowest BCUT2D eigenvalue weighted by molar-refractivity contribution is -0.120. The SMILES string of the molecule is COc1cc(Br)c(CC(=O)NCC(c2ccccc2Cl)N2CCCC2)cc1OC. The van der Waals surface area contributed by atoms with Crippen molar-refractivity contribution in [3.05, 3.63) is 57.0 Å². The van der Waals surface area contributed by atoms with E-state index in [1.807, 2.05) is 36.4 Å². The largest absolute Gasteiger partial charge is 0.493 e. The van der Waals surface area contributed by atoms with Crippen molar-refractivity contribution in [1.82, 2.24) is 10.2 Å². The van der Waals surface area contributed by atoms with Crippen LogP contribution in [0.1, 0.15) is 30.0 Å². The first-order valence-electron chi connectivity index (χ1n) is 9.69. The molecule has 1 N–H and O–H groups in total. The predicted molar refractivity (Wildman–Crippen MR) is 119 cm³/mol. The molecule has 0 saturated carbocycles. The van der Waals surface area contributed by atoms with E-state index in [1.54, 1.807) is 14.2 Å². The Morgan fingerprint density at radius 2 is 1.83 bits per heavy atom. The number of nitrogens with zero attached hydrogens (tertiary/aromatic N) is 1. The van der Waals surface area contributed by atoms with Gasteiger partial charge >= 0.3 is 0 Å². The Labute approximate surface area is 185 Å². The number of ether oxygens (including phenoxy) is 2. The maximum absolute atomic E-state index is 12.7. The van der Waals surface area contributed by atoms with E-state index >= 15 is 0 Å². The van der Waals surface area contributed by atoms with Gasteiger partial charge in [-0.2, -0.15) is 0 Å². The van der Waals surface area contributed by atoms with Crippen molar-refractivity contribution in [2.24, 2.45) is 0 Å². The Kier molecular flexibility index (Phi) is 7.81. The summed E-state index contributed by atoms with van der Waals surface area (Å²) in [4.78, 5) is 15.1. The molecule has 0 aromatic heterocycles. The fourth-order valence-corrected chi connectivity index (χ4v) is 4.44. The topological polar surface area (TPSA) is 50.8 Å². The Balaban J connectivity index is 1.70. The zero-order valence-electron chi connectivity index (χ0n) is 16.7. The van der Waals surface area contributed by atoms with Crippen LogP contribution in [0.5, 0.6) is 11.5 Å². The summed E-state index contributed by atoms with van der Waals surface area (Å²) in [5.41, 5.74) is 1.90. The molecule has 0 spiro atoms. The highest BCUT2D eigenvalue weighted by atomic mass is 79.9. The Morgan fingerprint density at radius 1 is 1.17 bits per heavy atom. The van der Waals surface area contributed by atoms with E-state index in [4.69, 9.17) is 21.1 Å². The van der Waals surface area contributed by atoms with Crippen molar-refractivity contribution in [2.75, 3.05) is 33.9 Å². The number of carbonyl (C=O) groups excluding carboxylic acids is 1. The second-order valence-electron chi connectivity index (χ2n) is 7.06. The minimum Gasteiger partial charge on any atom is -0.493 e. The van der Waals surface area contributed by atoms with Crippen LogP contribution >= 0.6 is 27.5 Å². The van der Waals surface area contributed by atoms with Crippen molar-refractivity contribution in [3.63, 3.8) is 0 Å². The van der Waals surface area contributed by atoms with Crippen molar-refractivity contribution in [1.29, 1.82) is 0 Å². The first-order valence-corrected chi connectivity index (χ1v) is 10.9. The van der Waals surface area contributed by atoms with Gasteiger partial charge in [0.05, 0.1) is 26.7 Å². The third kappa shape index (κ3) is 5.44. The van der Waals surface area contributed by atoms with Gasteiger partial charge in [0.2, 0.25) is 5.91 Å². The summed E-state index contributed by atoms with van der Waals surface area (Å²) in [6.45, 7) is 2.56. The molecular weight excluding hydrogens is 456 g/mol. The first-order chi connectivity index (χ1) is 14.0. The molecule has 156 valence electrons. The minimum absolute atomic E-state index is 0.0471. The van der Waals surface area contributed by atoms with Gasteiger partial charge in [-0.15, -0.1) is 0 Å². The molecule has 29 heavy (non-hydrogen) atoms. The Bertz CT molecular complexity index is 856. The summed E-state index contributed by atoms with van der Waals surface area (Å²) < 4.78 is 11.5. The molecule has 0 radical (unpaired) electrons. The van der Waals surface area contributed by atoms with Crippen LogP contribution in [0.15, 0.2) is 40.9 Å². The standard InChI is InChI=1S/C22H26BrClN2O3/c1-28-20-11-15(17(23)13-21(20)29-2)12-22(27)25-14-19(26-9-5-6-10-26)16-7-3-4-8-18(16)24/h3-4,7-8,11,13,19H,5-6,9-10,12,14H2,1-2H3,(H,25,27). The Morgan fingerprint density at radius 3 is 2.48 bits per heavy atom. The average Bonchev–Trinajstić information content (AvgIpc) is 3.25. The highest BCUT2D eigenvalue weighted by Crippen LogP contribution is 2.34. The molecule has 2 aromatic carbocycles. The summed E-state index contributed by atoms with van der Waals surface area (Å²) >= 11 is 9.97. The monoisotopic (exact) mass is 480 g/mol. The molecule has 1 amide bonds.